The van der Waals surface area contributed by atoms with Crippen LogP contribution in [0, 0.1) is 11.8 Å². The summed E-state index contributed by atoms with van der Waals surface area (Å²) in [5.74, 6) is 2.66. The fraction of sp³-hybridized carbons (Fsp3) is 0.727. The summed E-state index contributed by atoms with van der Waals surface area (Å²) in [7, 11) is 0. The number of piperidine rings is 1. The SMILES string of the molecule is CC(C)Oc1cccc(CN2C[C@H]3CCC[C@@H](C2)C3N2CCOCC2)c1. The molecule has 4 rings (SSSR count). The minimum Gasteiger partial charge on any atom is -0.491 e. The van der Waals surface area contributed by atoms with Crippen molar-refractivity contribution in [2.45, 2.75) is 51.8 Å². The molecule has 1 aliphatic carbocycles. The van der Waals surface area contributed by atoms with Gasteiger partial charge >= 0.3 is 0 Å². The zero-order valence-corrected chi connectivity index (χ0v) is 16.4. The normalized spacial score (nSPS) is 30.5. The summed E-state index contributed by atoms with van der Waals surface area (Å²) in [6.07, 6.45) is 4.44. The first kappa shape index (κ1) is 18.3. The number of ether oxygens (including phenoxy) is 2. The molecule has 0 spiro atoms. The smallest absolute Gasteiger partial charge is 0.120 e. The Labute approximate surface area is 158 Å². The van der Waals surface area contributed by atoms with Gasteiger partial charge in [0.25, 0.3) is 0 Å². The van der Waals surface area contributed by atoms with Crippen molar-refractivity contribution in [3.8, 4) is 5.75 Å². The zero-order valence-electron chi connectivity index (χ0n) is 16.4. The molecule has 0 radical (unpaired) electrons. The molecule has 1 aromatic carbocycles. The summed E-state index contributed by atoms with van der Waals surface area (Å²) in [5, 5.41) is 0. The van der Waals surface area contributed by atoms with E-state index in [1.807, 2.05) is 0 Å². The van der Waals surface area contributed by atoms with Crippen LogP contribution >= 0.6 is 0 Å². The van der Waals surface area contributed by atoms with Crippen molar-refractivity contribution < 1.29 is 9.47 Å². The van der Waals surface area contributed by atoms with E-state index in [9.17, 15) is 0 Å². The molecule has 1 aromatic rings. The third-order valence-electron chi connectivity index (χ3n) is 6.24. The topological polar surface area (TPSA) is 24.9 Å². The predicted octanol–water partition coefficient (Wildman–Crippen LogP) is 3.41. The lowest BCUT2D eigenvalue weighted by atomic mass is 9.72. The average molecular weight is 359 g/mol. The van der Waals surface area contributed by atoms with Crippen molar-refractivity contribution in [2.75, 3.05) is 39.4 Å². The molecule has 4 heteroatoms. The van der Waals surface area contributed by atoms with E-state index >= 15 is 0 Å². The Bertz CT molecular complexity index is 571. The Morgan fingerprint density at radius 1 is 1.12 bits per heavy atom. The fourth-order valence-electron chi connectivity index (χ4n) is 5.35. The van der Waals surface area contributed by atoms with Gasteiger partial charge in [-0.25, -0.2) is 0 Å². The predicted molar refractivity (Wildman–Crippen MR) is 104 cm³/mol. The van der Waals surface area contributed by atoms with Crippen LogP contribution in [-0.4, -0.2) is 61.3 Å². The van der Waals surface area contributed by atoms with Crippen LogP contribution in [0.15, 0.2) is 24.3 Å². The zero-order chi connectivity index (χ0) is 17.9. The van der Waals surface area contributed by atoms with E-state index in [0.29, 0.717) is 0 Å². The lowest BCUT2D eigenvalue weighted by Gasteiger charge is -2.52. The van der Waals surface area contributed by atoms with Crippen LogP contribution in [0.3, 0.4) is 0 Å². The van der Waals surface area contributed by atoms with Crippen LogP contribution in [-0.2, 0) is 11.3 Å². The number of likely N-dealkylation sites (tertiary alicyclic amines) is 1. The second kappa shape index (κ2) is 8.28. The highest BCUT2D eigenvalue weighted by Crippen LogP contribution is 2.38. The van der Waals surface area contributed by atoms with Crippen LogP contribution in [0.4, 0.5) is 0 Å². The number of fused-ring (bicyclic) bond motifs is 2. The number of hydrogen-bond acceptors (Lipinski definition) is 4. The maximum atomic E-state index is 5.88. The molecule has 3 aliphatic rings. The number of rotatable bonds is 5. The highest BCUT2D eigenvalue weighted by atomic mass is 16.5. The Kier molecular flexibility index (Phi) is 5.82. The van der Waals surface area contributed by atoms with E-state index < -0.39 is 0 Å². The van der Waals surface area contributed by atoms with Crippen molar-refractivity contribution in [3.05, 3.63) is 29.8 Å². The maximum absolute atomic E-state index is 5.88. The molecule has 3 atom stereocenters. The molecule has 2 bridgehead atoms. The molecule has 2 aliphatic heterocycles. The number of benzene rings is 1. The molecular formula is C22H34N2O2. The highest BCUT2D eigenvalue weighted by Gasteiger charge is 2.42. The summed E-state index contributed by atoms with van der Waals surface area (Å²) >= 11 is 0. The first-order valence-corrected chi connectivity index (χ1v) is 10.5. The standard InChI is InChI=1S/C22H34N2O2/c1-17(2)26-21-8-3-5-18(13-21)14-23-15-19-6-4-7-20(16-23)22(19)24-9-11-25-12-10-24/h3,5,8,13,17,19-20,22H,4,6-7,9-12,14-16H2,1-2H3/t19-,20+,22?. The molecule has 3 fully saturated rings. The van der Waals surface area contributed by atoms with Gasteiger partial charge in [-0.05, 0) is 56.2 Å². The van der Waals surface area contributed by atoms with Crippen molar-refractivity contribution in [1.82, 2.24) is 9.80 Å². The molecule has 0 N–H and O–H groups in total. The molecule has 2 saturated heterocycles. The number of hydrogen-bond donors (Lipinski definition) is 0. The van der Waals surface area contributed by atoms with E-state index in [0.717, 1.165) is 56.5 Å². The van der Waals surface area contributed by atoms with Crippen molar-refractivity contribution in [1.29, 1.82) is 0 Å². The van der Waals surface area contributed by atoms with Gasteiger partial charge in [-0.1, -0.05) is 18.6 Å². The molecule has 2 heterocycles. The second-order valence-corrected chi connectivity index (χ2v) is 8.60. The molecule has 26 heavy (non-hydrogen) atoms. The first-order chi connectivity index (χ1) is 12.7. The van der Waals surface area contributed by atoms with Crippen LogP contribution in [0.5, 0.6) is 5.75 Å². The maximum Gasteiger partial charge on any atom is 0.120 e. The van der Waals surface area contributed by atoms with Gasteiger partial charge in [0.15, 0.2) is 0 Å². The largest absolute Gasteiger partial charge is 0.491 e. The first-order valence-electron chi connectivity index (χ1n) is 10.5. The summed E-state index contributed by atoms with van der Waals surface area (Å²) in [5.41, 5.74) is 1.38. The lowest BCUT2D eigenvalue weighted by molar-refractivity contribution is -0.0623. The summed E-state index contributed by atoms with van der Waals surface area (Å²) < 4.78 is 11.5. The van der Waals surface area contributed by atoms with E-state index in [1.54, 1.807) is 0 Å². The Morgan fingerprint density at radius 3 is 2.54 bits per heavy atom. The quantitative estimate of drug-likeness (QED) is 0.805. The van der Waals surface area contributed by atoms with Gasteiger partial charge in [0.05, 0.1) is 19.3 Å². The van der Waals surface area contributed by atoms with Gasteiger partial charge in [-0.15, -0.1) is 0 Å². The molecule has 0 aromatic heterocycles. The molecule has 1 unspecified atom stereocenters. The van der Waals surface area contributed by atoms with E-state index in [2.05, 4.69) is 47.9 Å². The second-order valence-electron chi connectivity index (χ2n) is 8.60. The summed E-state index contributed by atoms with van der Waals surface area (Å²) in [6, 6.07) is 9.47. The molecule has 4 nitrogen and oxygen atoms in total. The van der Waals surface area contributed by atoms with Crippen LogP contribution in [0.2, 0.25) is 0 Å². The van der Waals surface area contributed by atoms with E-state index in [-0.39, 0.29) is 6.10 Å². The third kappa shape index (κ3) is 4.24. The van der Waals surface area contributed by atoms with Crippen LogP contribution < -0.4 is 4.74 Å². The summed E-state index contributed by atoms with van der Waals surface area (Å²) in [6.45, 7) is 11.8. The van der Waals surface area contributed by atoms with E-state index in [4.69, 9.17) is 9.47 Å². The van der Waals surface area contributed by atoms with Gasteiger partial charge in [-0.2, -0.15) is 0 Å². The van der Waals surface area contributed by atoms with Crippen molar-refractivity contribution in [3.63, 3.8) is 0 Å². The Balaban J connectivity index is 1.41. The Morgan fingerprint density at radius 2 is 1.85 bits per heavy atom. The molecule has 0 amide bonds. The van der Waals surface area contributed by atoms with Crippen molar-refractivity contribution >= 4 is 0 Å². The average Bonchev–Trinajstić information content (AvgIpc) is 2.61. The third-order valence-corrected chi connectivity index (χ3v) is 6.24. The van der Waals surface area contributed by atoms with Crippen molar-refractivity contribution in [2.24, 2.45) is 11.8 Å². The van der Waals surface area contributed by atoms with Crippen LogP contribution in [0.1, 0.15) is 38.7 Å². The Hall–Kier alpha value is -1.10. The highest BCUT2D eigenvalue weighted by molar-refractivity contribution is 5.28. The fourth-order valence-corrected chi connectivity index (χ4v) is 5.35. The van der Waals surface area contributed by atoms with Gasteiger partial charge in [-0.3, -0.25) is 9.80 Å². The summed E-state index contributed by atoms with van der Waals surface area (Å²) in [4.78, 5) is 5.44. The minimum absolute atomic E-state index is 0.230. The minimum atomic E-state index is 0.230. The molecular weight excluding hydrogens is 324 g/mol. The van der Waals surface area contributed by atoms with Crippen LogP contribution in [0.25, 0.3) is 0 Å². The van der Waals surface area contributed by atoms with Gasteiger partial charge in [0, 0.05) is 38.8 Å². The van der Waals surface area contributed by atoms with Gasteiger partial charge < -0.3 is 9.47 Å². The van der Waals surface area contributed by atoms with Gasteiger partial charge in [0.1, 0.15) is 5.75 Å². The molecule has 144 valence electrons. The van der Waals surface area contributed by atoms with E-state index in [1.165, 1.54) is 37.9 Å². The number of morpholine rings is 1. The monoisotopic (exact) mass is 358 g/mol. The lowest BCUT2D eigenvalue weighted by Crippen LogP contribution is -2.59. The molecule has 1 saturated carbocycles. The number of nitrogens with zero attached hydrogens (tertiary/aromatic N) is 2. The van der Waals surface area contributed by atoms with Gasteiger partial charge in [0.2, 0.25) is 0 Å².